The van der Waals surface area contributed by atoms with Crippen LogP contribution in [-0.2, 0) is 44.9 Å². The number of hydrogen-bond donors (Lipinski definition) is 5. The smallest absolute Gasteiger partial charge is 0.243 e. The summed E-state index contributed by atoms with van der Waals surface area (Å²) in [6, 6.07) is 25.8. The quantitative estimate of drug-likeness (QED) is 0.111. The average Bonchev–Trinajstić information content (AvgIpc) is 3.10. The Morgan fingerprint density at radius 1 is 0.580 bits per heavy atom. The molecule has 4 amide bonds. The van der Waals surface area contributed by atoms with Crippen molar-refractivity contribution in [3.8, 4) is 5.75 Å². The van der Waals surface area contributed by atoms with Gasteiger partial charge in [0.15, 0.2) is 0 Å². The van der Waals surface area contributed by atoms with Gasteiger partial charge in [-0.15, -0.1) is 0 Å². The maximum Gasteiger partial charge on any atom is 0.243 e. The molecule has 0 heterocycles. The van der Waals surface area contributed by atoms with E-state index in [9.17, 15) is 19.2 Å². The molecule has 0 saturated heterocycles. The van der Waals surface area contributed by atoms with Gasteiger partial charge in [-0.05, 0) is 72.0 Å². The molecule has 0 spiro atoms. The number of primary amides is 1. The molecular weight excluding hydrogens is 677 g/mol. The fourth-order valence-electron chi connectivity index (χ4n) is 5.26. The van der Waals surface area contributed by atoms with Crippen molar-refractivity contribution >= 4 is 46.8 Å². The standard InChI is InChI=1S/C38H41Cl2N5O5/c1-2-50-30-18-12-27(13-19-30)23-34(37(48)43-32(35(42)46)21-25-8-14-28(39)15-9-25)45-38(49)33(22-26-10-16-29(40)17-11-26)44-36(47)31(41)20-24-6-4-3-5-7-24/h3-19,31-34H,2,20-23,41H2,1H3,(H2,42,46)(H,43,48)(H,44,47)(H,45,49). The third-order valence-corrected chi connectivity index (χ3v) is 8.45. The van der Waals surface area contributed by atoms with Crippen LogP contribution in [0.5, 0.6) is 5.75 Å². The Balaban J connectivity index is 1.58. The Morgan fingerprint density at radius 3 is 1.44 bits per heavy atom. The maximum atomic E-state index is 14.0. The highest BCUT2D eigenvalue weighted by molar-refractivity contribution is 6.30. The van der Waals surface area contributed by atoms with Crippen molar-refractivity contribution in [2.75, 3.05) is 6.61 Å². The number of nitrogens with one attached hydrogen (secondary N) is 3. The topological polar surface area (TPSA) is 166 Å². The van der Waals surface area contributed by atoms with Gasteiger partial charge in [0.1, 0.15) is 23.9 Å². The third kappa shape index (κ3) is 11.9. The van der Waals surface area contributed by atoms with Gasteiger partial charge in [-0.3, -0.25) is 19.2 Å². The van der Waals surface area contributed by atoms with Crippen molar-refractivity contribution in [3.63, 3.8) is 0 Å². The zero-order chi connectivity index (χ0) is 36.0. The summed E-state index contributed by atoms with van der Waals surface area (Å²) in [5.74, 6) is -1.90. The SMILES string of the molecule is CCOc1ccc(CC(NC(=O)C(Cc2ccc(Cl)cc2)NC(=O)C(N)Cc2ccccc2)C(=O)NC(Cc2ccc(Cl)cc2)C(N)=O)cc1. The summed E-state index contributed by atoms with van der Waals surface area (Å²) in [5, 5.41) is 9.34. The number of benzene rings is 4. The van der Waals surface area contributed by atoms with Crippen LogP contribution in [0.25, 0.3) is 0 Å². The van der Waals surface area contributed by atoms with Gasteiger partial charge in [-0.2, -0.15) is 0 Å². The molecule has 0 aliphatic rings. The number of hydrogen-bond acceptors (Lipinski definition) is 6. The Bertz CT molecular complexity index is 1720. The molecule has 0 saturated carbocycles. The lowest BCUT2D eigenvalue weighted by molar-refractivity contribution is -0.133. The molecular formula is C38H41Cl2N5O5. The van der Waals surface area contributed by atoms with Gasteiger partial charge >= 0.3 is 0 Å². The molecule has 12 heteroatoms. The molecule has 262 valence electrons. The van der Waals surface area contributed by atoms with Gasteiger partial charge in [-0.25, -0.2) is 0 Å². The highest BCUT2D eigenvalue weighted by Crippen LogP contribution is 2.16. The van der Waals surface area contributed by atoms with E-state index in [0.717, 1.165) is 16.7 Å². The van der Waals surface area contributed by atoms with E-state index in [4.69, 9.17) is 39.4 Å². The Kier molecular flexibility index (Phi) is 14.2. The van der Waals surface area contributed by atoms with Gasteiger partial charge in [0.2, 0.25) is 23.6 Å². The van der Waals surface area contributed by atoms with E-state index in [-0.39, 0.29) is 25.7 Å². The highest BCUT2D eigenvalue weighted by atomic mass is 35.5. The molecule has 4 unspecified atom stereocenters. The van der Waals surface area contributed by atoms with Crippen molar-refractivity contribution < 1.29 is 23.9 Å². The molecule has 7 N–H and O–H groups in total. The molecule has 0 fully saturated rings. The summed E-state index contributed by atoms with van der Waals surface area (Å²) >= 11 is 12.1. The normalized spacial score (nSPS) is 13.3. The first kappa shape index (κ1) is 37.9. The number of ether oxygens (including phenoxy) is 1. The Morgan fingerprint density at radius 2 is 0.980 bits per heavy atom. The number of carbonyl (C=O) groups excluding carboxylic acids is 4. The predicted octanol–water partition coefficient (Wildman–Crippen LogP) is 3.93. The lowest BCUT2D eigenvalue weighted by Crippen LogP contribution is -2.58. The van der Waals surface area contributed by atoms with Crippen LogP contribution in [0.15, 0.2) is 103 Å². The van der Waals surface area contributed by atoms with E-state index < -0.39 is 47.8 Å². The van der Waals surface area contributed by atoms with E-state index in [1.807, 2.05) is 37.3 Å². The summed E-state index contributed by atoms with van der Waals surface area (Å²) in [4.78, 5) is 53.7. The van der Waals surface area contributed by atoms with Gasteiger partial charge in [0.05, 0.1) is 12.6 Å². The number of halogens is 2. The zero-order valence-corrected chi connectivity index (χ0v) is 29.1. The minimum atomic E-state index is -1.16. The first-order chi connectivity index (χ1) is 24.0. The van der Waals surface area contributed by atoms with E-state index >= 15 is 0 Å². The lowest BCUT2D eigenvalue weighted by atomic mass is 10.0. The molecule has 4 aromatic carbocycles. The van der Waals surface area contributed by atoms with Crippen molar-refractivity contribution in [1.82, 2.24) is 16.0 Å². The van der Waals surface area contributed by atoms with Crippen LogP contribution in [0.2, 0.25) is 10.0 Å². The summed E-state index contributed by atoms with van der Waals surface area (Å²) in [5.41, 5.74) is 15.0. The molecule has 50 heavy (non-hydrogen) atoms. The van der Waals surface area contributed by atoms with Crippen LogP contribution in [0.1, 0.15) is 29.2 Å². The predicted molar refractivity (Wildman–Crippen MR) is 195 cm³/mol. The third-order valence-electron chi connectivity index (χ3n) is 7.94. The molecule has 4 atom stereocenters. The average molecular weight is 719 g/mol. The van der Waals surface area contributed by atoms with Crippen LogP contribution in [-0.4, -0.2) is 54.4 Å². The fraction of sp³-hybridized carbons (Fsp3) is 0.263. The maximum absolute atomic E-state index is 14.0. The largest absolute Gasteiger partial charge is 0.494 e. The molecule has 0 bridgehead atoms. The number of carbonyl (C=O) groups is 4. The fourth-order valence-corrected chi connectivity index (χ4v) is 5.51. The molecule has 0 radical (unpaired) electrons. The molecule has 0 aliphatic heterocycles. The van der Waals surface area contributed by atoms with Gasteiger partial charge < -0.3 is 32.2 Å². The Hall–Kier alpha value is -4.90. The number of amides is 4. The molecule has 10 nitrogen and oxygen atoms in total. The Labute approximate surface area is 301 Å². The first-order valence-corrected chi connectivity index (χ1v) is 17.0. The van der Waals surface area contributed by atoms with E-state index in [2.05, 4.69) is 16.0 Å². The van der Waals surface area contributed by atoms with Gasteiger partial charge in [-0.1, -0.05) is 89.9 Å². The van der Waals surface area contributed by atoms with Crippen LogP contribution < -0.4 is 32.2 Å². The molecule has 4 rings (SSSR count). The van der Waals surface area contributed by atoms with Crippen LogP contribution >= 0.6 is 23.2 Å². The monoisotopic (exact) mass is 717 g/mol. The first-order valence-electron chi connectivity index (χ1n) is 16.2. The van der Waals surface area contributed by atoms with Crippen molar-refractivity contribution in [3.05, 3.63) is 135 Å². The van der Waals surface area contributed by atoms with E-state index in [1.165, 1.54) is 0 Å². The van der Waals surface area contributed by atoms with Crippen molar-refractivity contribution in [2.24, 2.45) is 11.5 Å². The number of rotatable bonds is 17. The highest BCUT2D eigenvalue weighted by Gasteiger charge is 2.30. The van der Waals surface area contributed by atoms with E-state index in [1.54, 1.807) is 72.8 Å². The van der Waals surface area contributed by atoms with E-state index in [0.29, 0.717) is 28.0 Å². The minimum Gasteiger partial charge on any atom is -0.494 e. The zero-order valence-electron chi connectivity index (χ0n) is 27.6. The summed E-state index contributed by atoms with van der Waals surface area (Å²) in [6.45, 7) is 2.36. The lowest BCUT2D eigenvalue weighted by Gasteiger charge is -2.26. The second kappa shape index (κ2) is 18.7. The van der Waals surface area contributed by atoms with Crippen LogP contribution in [0.3, 0.4) is 0 Å². The van der Waals surface area contributed by atoms with Crippen LogP contribution in [0.4, 0.5) is 0 Å². The second-order valence-corrected chi connectivity index (χ2v) is 12.7. The molecule has 4 aromatic rings. The van der Waals surface area contributed by atoms with Gasteiger partial charge in [0.25, 0.3) is 0 Å². The number of nitrogens with two attached hydrogens (primary N) is 2. The minimum absolute atomic E-state index is 0.0610. The molecule has 0 aromatic heterocycles. The summed E-state index contributed by atoms with van der Waals surface area (Å²) in [6.07, 6.45) is 0.513. The van der Waals surface area contributed by atoms with Gasteiger partial charge in [0, 0.05) is 29.3 Å². The van der Waals surface area contributed by atoms with Crippen molar-refractivity contribution in [1.29, 1.82) is 0 Å². The summed E-state index contributed by atoms with van der Waals surface area (Å²) < 4.78 is 5.54. The van der Waals surface area contributed by atoms with Crippen LogP contribution in [0, 0.1) is 0 Å². The molecule has 0 aliphatic carbocycles. The van der Waals surface area contributed by atoms with Crippen molar-refractivity contribution in [2.45, 2.75) is 56.8 Å². The second-order valence-electron chi connectivity index (χ2n) is 11.8. The summed E-state index contributed by atoms with van der Waals surface area (Å²) in [7, 11) is 0.